The molecule has 0 radical (unpaired) electrons. The molecule has 1 aliphatic rings. The highest BCUT2D eigenvalue weighted by Crippen LogP contribution is 2.35. The van der Waals surface area contributed by atoms with E-state index in [1.54, 1.807) is 0 Å². The molecule has 2 N–H and O–H groups in total. The second-order valence-electron chi connectivity index (χ2n) is 3.74. The highest BCUT2D eigenvalue weighted by atomic mass is 32.2. The number of hydrogen-bond donors (Lipinski definition) is 2. The van der Waals surface area contributed by atoms with Crippen molar-refractivity contribution in [3.8, 4) is 0 Å². The molecule has 0 atom stereocenters. The molecule has 0 bridgehead atoms. The zero-order valence-electron chi connectivity index (χ0n) is 8.12. The quantitative estimate of drug-likeness (QED) is 0.700. The van der Waals surface area contributed by atoms with E-state index in [9.17, 15) is 13.2 Å². The Balaban J connectivity index is 2.62. The number of carboxylic acid groups (broad SMARTS) is 1. The van der Waals surface area contributed by atoms with Gasteiger partial charge in [0.2, 0.25) is 10.0 Å². The van der Waals surface area contributed by atoms with E-state index < -0.39 is 21.7 Å². The van der Waals surface area contributed by atoms with E-state index in [4.69, 9.17) is 5.11 Å². The fraction of sp³-hybridized carbons (Fsp3) is 0.875. The third kappa shape index (κ3) is 2.68. The highest BCUT2D eigenvalue weighted by molar-refractivity contribution is 7.90. The molecule has 1 saturated carbocycles. The summed E-state index contributed by atoms with van der Waals surface area (Å²) in [6, 6.07) is 0. The Hall–Kier alpha value is -0.620. The molecule has 14 heavy (non-hydrogen) atoms. The molecule has 82 valence electrons. The minimum Gasteiger partial charge on any atom is -0.480 e. The van der Waals surface area contributed by atoms with Crippen LogP contribution in [-0.2, 0) is 14.8 Å². The Labute approximate surface area is 83.6 Å². The molecular weight excluding hydrogens is 206 g/mol. The van der Waals surface area contributed by atoms with Crippen molar-refractivity contribution in [2.24, 2.45) is 0 Å². The summed E-state index contributed by atoms with van der Waals surface area (Å²) in [6.07, 6.45) is 3.33. The summed E-state index contributed by atoms with van der Waals surface area (Å²) < 4.78 is 25.1. The Morgan fingerprint density at radius 1 is 1.50 bits per heavy atom. The Morgan fingerprint density at radius 3 is 2.36 bits per heavy atom. The molecule has 5 nitrogen and oxygen atoms in total. The van der Waals surface area contributed by atoms with Gasteiger partial charge in [-0.05, 0) is 25.7 Å². The summed E-state index contributed by atoms with van der Waals surface area (Å²) in [5, 5.41) is 8.39. The van der Waals surface area contributed by atoms with Crippen molar-refractivity contribution < 1.29 is 18.3 Å². The number of nitrogens with one attached hydrogen (secondary N) is 1. The fourth-order valence-electron chi connectivity index (χ4n) is 1.66. The average molecular weight is 221 g/mol. The molecule has 0 saturated heterocycles. The average Bonchev–Trinajstić information content (AvgIpc) is 1.94. The lowest BCUT2D eigenvalue weighted by molar-refractivity contribution is -0.134. The van der Waals surface area contributed by atoms with Gasteiger partial charge in [-0.15, -0.1) is 0 Å². The van der Waals surface area contributed by atoms with Crippen molar-refractivity contribution in [3.63, 3.8) is 0 Å². The number of aliphatic carboxylic acids is 1. The van der Waals surface area contributed by atoms with Gasteiger partial charge in [-0.25, -0.2) is 13.1 Å². The first kappa shape index (κ1) is 11.5. The van der Waals surface area contributed by atoms with Crippen LogP contribution in [0.3, 0.4) is 0 Å². The maximum atomic E-state index is 11.3. The third-order valence-electron chi connectivity index (χ3n) is 2.67. The molecule has 1 fully saturated rings. The van der Waals surface area contributed by atoms with Crippen LogP contribution in [0.25, 0.3) is 0 Å². The monoisotopic (exact) mass is 221 g/mol. The molecular formula is C8H15NO4S. The van der Waals surface area contributed by atoms with Crippen molar-refractivity contribution >= 4 is 16.0 Å². The predicted octanol–water partition coefficient (Wildman–Crippen LogP) is 0.323. The van der Waals surface area contributed by atoms with Gasteiger partial charge in [0.1, 0.15) is 0 Å². The normalized spacial score (nSPS) is 20.1. The second-order valence-corrected chi connectivity index (χ2v) is 5.46. The molecule has 0 aromatic heterocycles. The lowest BCUT2D eigenvalue weighted by Crippen LogP contribution is -2.53. The molecule has 0 aromatic rings. The van der Waals surface area contributed by atoms with Crippen LogP contribution < -0.4 is 4.72 Å². The number of rotatable bonds is 5. The van der Waals surface area contributed by atoms with Crippen LogP contribution in [-0.4, -0.2) is 30.8 Å². The molecule has 0 amide bonds. The van der Waals surface area contributed by atoms with Gasteiger partial charge in [0.15, 0.2) is 5.75 Å². The molecule has 1 aliphatic carbocycles. The molecule has 6 heteroatoms. The van der Waals surface area contributed by atoms with Gasteiger partial charge in [0.25, 0.3) is 0 Å². The number of hydrogen-bond acceptors (Lipinski definition) is 3. The predicted molar refractivity (Wildman–Crippen MR) is 51.4 cm³/mol. The summed E-state index contributed by atoms with van der Waals surface area (Å²) in [5.74, 6) is -2.16. The summed E-state index contributed by atoms with van der Waals surface area (Å²) in [7, 11) is -3.66. The highest BCUT2D eigenvalue weighted by Gasteiger charge is 2.38. The van der Waals surface area contributed by atoms with E-state index >= 15 is 0 Å². The van der Waals surface area contributed by atoms with Crippen LogP contribution in [0.2, 0.25) is 0 Å². The van der Waals surface area contributed by atoms with Gasteiger partial charge < -0.3 is 5.11 Å². The van der Waals surface area contributed by atoms with Crippen LogP contribution in [0, 0.1) is 0 Å². The molecule has 0 spiro atoms. The molecule has 0 unspecified atom stereocenters. The first-order valence-electron chi connectivity index (χ1n) is 4.63. The topological polar surface area (TPSA) is 83.5 Å². The molecule has 1 rings (SSSR count). The van der Waals surface area contributed by atoms with Gasteiger partial charge in [-0.2, -0.15) is 0 Å². The smallest absolute Gasteiger partial charge is 0.320 e. The maximum Gasteiger partial charge on any atom is 0.320 e. The van der Waals surface area contributed by atoms with Crippen molar-refractivity contribution in [1.29, 1.82) is 0 Å². The van der Waals surface area contributed by atoms with Crippen LogP contribution >= 0.6 is 0 Å². The first-order valence-corrected chi connectivity index (χ1v) is 6.28. The van der Waals surface area contributed by atoms with Crippen molar-refractivity contribution in [2.45, 2.75) is 38.1 Å². The summed E-state index contributed by atoms with van der Waals surface area (Å²) in [5.41, 5.74) is -0.367. The Bertz CT molecular complexity index is 313. The van der Waals surface area contributed by atoms with Gasteiger partial charge in [0.05, 0.1) is 0 Å². The molecule has 0 heterocycles. The lowest BCUT2D eigenvalue weighted by atomic mass is 9.76. The number of carboxylic acids is 1. The third-order valence-corrected chi connectivity index (χ3v) is 4.04. The Kier molecular flexibility index (Phi) is 3.16. The van der Waals surface area contributed by atoms with E-state index in [2.05, 4.69) is 4.72 Å². The molecule has 0 aliphatic heterocycles. The largest absolute Gasteiger partial charge is 0.480 e. The van der Waals surface area contributed by atoms with Gasteiger partial charge in [-0.3, -0.25) is 4.79 Å². The standard InChI is InChI=1S/C8H15NO4S/c1-2-8(4-3-5-8)9-14(12,13)6-7(10)11/h9H,2-6H2,1H3,(H,10,11). The lowest BCUT2D eigenvalue weighted by Gasteiger charge is -2.41. The van der Waals surface area contributed by atoms with Crippen molar-refractivity contribution in [2.75, 3.05) is 5.75 Å². The van der Waals surface area contributed by atoms with Crippen LogP contribution in [0.4, 0.5) is 0 Å². The maximum absolute atomic E-state index is 11.3. The SMILES string of the molecule is CCC1(NS(=O)(=O)CC(=O)O)CCC1. The number of sulfonamides is 1. The van der Waals surface area contributed by atoms with E-state index in [1.807, 2.05) is 6.92 Å². The van der Waals surface area contributed by atoms with Gasteiger partial charge >= 0.3 is 5.97 Å². The van der Waals surface area contributed by atoms with Crippen molar-refractivity contribution in [3.05, 3.63) is 0 Å². The Morgan fingerprint density at radius 2 is 2.07 bits per heavy atom. The van der Waals surface area contributed by atoms with E-state index in [0.29, 0.717) is 6.42 Å². The van der Waals surface area contributed by atoms with Crippen molar-refractivity contribution in [1.82, 2.24) is 4.72 Å². The van der Waals surface area contributed by atoms with Crippen LogP contribution in [0.1, 0.15) is 32.6 Å². The zero-order valence-corrected chi connectivity index (χ0v) is 8.93. The van der Waals surface area contributed by atoms with Gasteiger partial charge in [0, 0.05) is 5.54 Å². The fourth-order valence-corrected chi connectivity index (χ4v) is 3.07. The van der Waals surface area contributed by atoms with Gasteiger partial charge in [-0.1, -0.05) is 6.92 Å². The summed E-state index contributed by atoms with van der Waals surface area (Å²) in [6.45, 7) is 1.91. The first-order chi connectivity index (χ1) is 6.39. The van der Waals surface area contributed by atoms with E-state index in [1.165, 1.54) is 0 Å². The minimum absolute atomic E-state index is 0.367. The van der Waals surface area contributed by atoms with E-state index in [0.717, 1.165) is 19.3 Å². The van der Waals surface area contributed by atoms with E-state index in [-0.39, 0.29) is 5.54 Å². The zero-order chi connectivity index (χ0) is 10.8. The van der Waals surface area contributed by atoms with Crippen LogP contribution in [0.15, 0.2) is 0 Å². The minimum atomic E-state index is -3.66. The number of carbonyl (C=O) groups is 1. The van der Waals surface area contributed by atoms with Crippen LogP contribution in [0.5, 0.6) is 0 Å². The summed E-state index contributed by atoms with van der Waals surface area (Å²) >= 11 is 0. The second kappa shape index (κ2) is 3.86. The summed E-state index contributed by atoms with van der Waals surface area (Å²) in [4.78, 5) is 10.3. The molecule has 0 aromatic carbocycles.